The van der Waals surface area contributed by atoms with Crippen LogP contribution in [0.5, 0.6) is 0 Å². The quantitative estimate of drug-likeness (QED) is 0.847. The molecule has 0 aliphatic heterocycles. The molecule has 0 aliphatic carbocycles. The van der Waals surface area contributed by atoms with Gasteiger partial charge in [0.1, 0.15) is 5.82 Å². The number of rotatable bonds is 2. The number of nitrogens with zero attached hydrogens (tertiary/aromatic N) is 2. The predicted octanol–water partition coefficient (Wildman–Crippen LogP) is 2.85. The molecule has 3 nitrogen and oxygen atoms in total. The van der Waals surface area contributed by atoms with E-state index >= 15 is 0 Å². The Labute approximate surface area is 93.5 Å². The van der Waals surface area contributed by atoms with Gasteiger partial charge in [0.25, 0.3) is 0 Å². The SMILES string of the molecule is CC(C)c1c(-c2ccsc2)nn(C)c1N. The number of aryl methyl sites for hydroxylation is 1. The van der Waals surface area contributed by atoms with Crippen molar-refractivity contribution in [3.8, 4) is 11.3 Å². The van der Waals surface area contributed by atoms with Crippen molar-refractivity contribution in [1.82, 2.24) is 9.78 Å². The van der Waals surface area contributed by atoms with Gasteiger partial charge in [0.05, 0.1) is 5.69 Å². The molecule has 0 bridgehead atoms. The minimum absolute atomic E-state index is 0.397. The third-order valence-electron chi connectivity index (χ3n) is 2.50. The summed E-state index contributed by atoms with van der Waals surface area (Å²) in [7, 11) is 1.89. The molecular weight excluding hydrogens is 206 g/mol. The lowest BCUT2D eigenvalue weighted by atomic mass is 10.0. The molecule has 0 atom stereocenters. The van der Waals surface area contributed by atoms with Gasteiger partial charge in [0.15, 0.2) is 0 Å². The molecule has 0 radical (unpaired) electrons. The Morgan fingerprint density at radius 1 is 1.47 bits per heavy atom. The Kier molecular flexibility index (Phi) is 2.52. The summed E-state index contributed by atoms with van der Waals surface area (Å²) in [4.78, 5) is 0. The zero-order valence-corrected chi connectivity index (χ0v) is 10.0. The van der Waals surface area contributed by atoms with Crippen molar-refractivity contribution in [3.05, 3.63) is 22.4 Å². The van der Waals surface area contributed by atoms with Gasteiger partial charge in [-0.15, -0.1) is 0 Å². The van der Waals surface area contributed by atoms with E-state index in [-0.39, 0.29) is 0 Å². The number of anilines is 1. The molecule has 2 rings (SSSR count). The minimum atomic E-state index is 0.397. The van der Waals surface area contributed by atoms with Gasteiger partial charge in [-0.3, -0.25) is 4.68 Å². The Balaban J connectivity index is 2.61. The van der Waals surface area contributed by atoms with Crippen molar-refractivity contribution in [1.29, 1.82) is 0 Å². The van der Waals surface area contributed by atoms with Crippen LogP contribution in [0.25, 0.3) is 11.3 Å². The predicted molar refractivity (Wildman–Crippen MR) is 65.0 cm³/mol. The summed E-state index contributed by atoms with van der Waals surface area (Å²) >= 11 is 1.68. The van der Waals surface area contributed by atoms with Gasteiger partial charge in [0, 0.05) is 23.6 Å². The average Bonchev–Trinajstić information content (AvgIpc) is 2.75. The third kappa shape index (κ3) is 1.65. The molecule has 0 aromatic carbocycles. The van der Waals surface area contributed by atoms with Gasteiger partial charge in [-0.2, -0.15) is 16.4 Å². The lowest BCUT2D eigenvalue weighted by molar-refractivity contribution is 0.780. The standard InChI is InChI=1S/C11H15N3S/c1-7(2)9-10(8-4-5-15-6-8)13-14(3)11(9)12/h4-7H,12H2,1-3H3. The number of nitrogen functional groups attached to an aromatic ring is 1. The number of aromatic nitrogens is 2. The molecule has 4 heteroatoms. The van der Waals surface area contributed by atoms with Gasteiger partial charge >= 0.3 is 0 Å². The zero-order valence-electron chi connectivity index (χ0n) is 9.19. The largest absolute Gasteiger partial charge is 0.384 e. The molecule has 0 unspecified atom stereocenters. The third-order valence-corrected chi connectivity index (χ3v) is 3.18. The van der Waals surface area contributed by atoms with Crippen LogP contribution in [0, 0.1) is 0 Å². The van der Waals surface area contributed by atoms with Crippen LogP contribution in [0.2, 0.25) is 0 Å². The minimum Gasteiger partial charge on any atom is -0.384 e. The molecule has 0 amide bonds. The van der Waals surface area contributed by atoms with E-state index < -0.39 is 0 Å². The van der Waals surface area contributed by atoms with Crippen molar-refractivity contribution in [3.63, 3.8) is 0 Å². The first-order valence-electron chi connectivity index (χ1n) is 4.96. The summed E-state index contributed by atoms with van der Waals surface area (Å²) in [6.07, 6.45) is 0. The molecule has 2 aromatic heterocycles. The molecule has 0 spiro atoms. The lowest BCUT2D eigenvalue weighted by Crippen LogP contribution is -2.00. The van der Waals surface area contributed by atoms with E-state index in [1.54, 1.807) is 16.0 Å². The van der Waals surface area contributed by atoms with Crippen molar-refractivity contribution in [2.24, 2.45) is 7.05 Å². The summed E-state index contributed by atoms with van der Waals surface area (Å²) in [5, 5.41) is 8.64. The number of hydrogen-bond donors (Lipinski definition) is 1. The second kappa shape index (κ2) is 3.70. The Morgan fingerprint density at radius 2 is 2.20 bits per heavy atom. The molecule has 2 N–H and O–H groups in total. The summed E-state index contributed by atoms with van der Waals surface area (Å²) in [5.74, 6) is 1.17. The van der Waals surface area contributed by atoms with Gasteiger partial charge in [-0.05, 0) is 17.4 Å². The fraction of sp³-hybridized carbons (Fsp3) is 0.364. The van der Waals surface area contributed by atoms with E-state index in [0.29, 0.717) is 5.92 Å². The van der Waals surface area contributed by atoms with Crippen molar-refractivity contribution < 1.29 is 0 Å². The molecule has 80 valence electrons. The van der Waals surface area contributed by atoms with Crippen molar-refractivity contribution in [2.75, 3.05) is 5.73 Å². The van der Waals surface area contributed by atoms with Crippen LogP contribution in [0.4, 0.5) is 5.82 Å². The van der Waals surface area contributed by atoms with E-state index in [0.717, 1.165) is 22.6 Å². The highest BCUT2D eigenvalue weighted by atomic mass is 32.1. The van der Waals surface area contributed by atoms with Crippen LogP contribution in [-0.4, -0.2) is 9.78 Å². The van der Waals surface area contributed by atoms with E-state index in [1.807, 2.05) is 7.05 Å². The first-order chi connectivity index (χ1) is 7.11. The highest BCUT2D eigenvalue weighted by Crippen LogP contribution is 2.33. The maximum Gasteiger partial charge on any atom is 0.125 e. The van der Waals surface area contributed by atoms with E-state index in [1.165, 1.54) is 0 Å². The van der Waals surface area contributed by atoms with Crippen LogP contribution < -0.4 is 5.73 Å². The Morgan fingerprint density at radius 3 is 2.73 bits per heavy atom. The summed E-state index contributed by atoms with van der Waals surface area (Å²) in [5.41, 5.74) is 9.35. The van der Waals surface area contributed by atoms with Gasteiger partial charge in [0.2, 0.25) is 0 Å². The highest BCUT2D eigenvalue weighted by Gasteiger charge is 2.18. The fourth-order valence-corrected chi connectivity index (χ4v) is 2.38. The zero-order chi connectivity index (χ0) is 11.0. The summed E-state index contributed by atoms with van der Waals surface area (Å²) in [6.45, 7) is 4.28. The number of thiophene rings is 1. The van der Waals surface area contributed by atoms with Crippen LogP contribution in [0.3, 0.4) is 0 Å². The molecule has 2 heterocycles. The van der Waals surface area contributed by atoms with E-state index in [2.05, 4.69) is 35.8 Å². The Bertz CT molecular complexity index is 454. The normalized spacial score (nSPS) is 11.2. The van der Waals surface area contributed by atoms with Gasteiger partial charge in [-0.1, -0.05) is 13.8 Å². The fourth-order valence-electron chi connectivity index (χ4n) is 1.74. The molecule has 0 saturated carbocycles. The first-order valence-corrected chi connectivity index (χ1v) is 5.90. The molecule has 2 aromatic rings. The van der Waals surface area contributed by atoms with Gasteiger partial charge < -0.3 is 5.73 Å². The Hall–Kier alpha value is -1.29. The van der Waals surface area contributed by atoms with Crippen molar-refractivity contribution >= 4 is 17.2 Å². The second-order valence-electron chi connectivity index (χ2n) is 3.94. The van der Waals surface area contributed by atoms with Crippen molar-refractivity contribution in [2.45, 2.75) is 19.8 Å². The number of hydrogen-bond acceptors (Lipinski definition) is 3. The van der Waals surface area contributed by atoms with E-state index in [4.69, 9.17) is 5.73 Å². The second-order valence-corrected chi connectivity index (χ2v) is 4.72. The molecule has 0 saturated heterocycles. The average molecular weight is 221 g/mol. The van der Waals surface area contributed by atoms with Crippen LogP contribution >= 0.6 is 11.3 Å². The monoisotopic (exact) mass is 221 g/mol. The molecule has 0 aliphatic rings. The maximum atomic E-state index is 6.01. The van der Waals surface area contributed by atoms with Gasteiger partial charge in [-0.25, -0.2) is 0 Å². The van der Waals surface area contributed by atoms with Crippen LogP contribution in [-0.2, 0) is 7.05 Å². The molecule has 15 heavy (non-hydrogen) atoms. The summed E-state index contributed by atoms with van der Waals surface area (Å²) < 4.78 is 1.75. The highest BCUT2D eigenvalue weighted by molar-refractivity contribution is 7.08. The summed E-state index contributed by atoms with van der Waals surface area (Å²) in [6, 6.07) is 2.08. The van der Waals surface area contributed by atoms with Crippen LogP contribution in [0.15, 0.2) is 16.8 Å². The lowest BCUT2D eigenvalue weighted by Gasteiger charge is -2.05. The molecular formula is C11H15N3S. The van der Waals surface area contributed by atoms with E-state index in [9.17, 15) is 0 Å². The maximum absolute atomic E-state index is 6.01. The topological polar surface area (TPSA) is 43.8 Å². The molecule has 0 fully saturated rings. The smallest absolute Gasteiger partial charge is 0.125 e. The number of nitrogens with two attached hydrogens (primary N) is 1. The first kappa shape index (κ1) is 10.2. The van der Waals surface area contributed by atoms with Crippen LogP contribution in [0.1, 0.15) is 25.3 Å².